The maximum atomic E-state index is 9.37. The van der Waals surface area contributed by atoms with E-state index in [0.717, 1.165) is 30.2 Å². The summed E-state index contributed by atoms with van der Waals surface area (Å²) in [6.45, 7) is 1.60. The molecule has 15 heavy (non-hydrogen) atoms. The third-order valence-corrected chi connectivity index (χ3v) is 2.23. The van der Waals surface area contributed by atoms with Gasteiger partial charge in [-0.3, -0.25) is 4.79 Å². The summed E-state index contributed by atoms with van der Waals surface area (Å²) in [5.41, 5.74) is 0. The summed E-state index contributed by atoms with van der Waals surface area (Å²) in [6, 6.07) is 7.54. The Morgan fingerprint density at radius 3 is 2.00 bits per heavy atom. The van der Waals surface area contributed by atoms with E-state index >= 15 is 0 Å². The zero-order valence-corrected chi connectivity index (χ0v) is 11.9. The standard InChI is InChI=1S/C7H8O2.C3H6O2.Zn/c1-9-7-4-2-6(8)3-5-7;1-2-3(4)5;/h2-5,8H,1H3;2H2,1H3,(H,4,5);/q;;+1/p-1. The van der Waals surface area contributed by atoms with Gasteiger partial charge in [0.05, 0.1) is 0 Å². The van der Waals surface area contributed by atoms with E-state index in [4.69, 9.17) is 13.4 Å². The molecule has 1 aromatic rings. The number of hydrogen-bond donors (Lipinski definition) is 1. The molecule has 0 aromatic heterocycles. The molecule has 0 atom stereocenters. The van der Waals surface area contributed by atoms with Gasteiger partial charge in [-0.25, -0.2) is 0 Å². The normalized spacial score (nSPS) is 8.53. The van der Waals surface area contributed by atoms with Crippen LogP contribution in [0.3, 0.4) is 0 Å². The molecule has 0 aliphatic heterocycles. The maximum absolute atomic E-state index is 9.37. The SMILES string of the molecule is CCC(=O)O.COc1ccc([O][Zn])cc1. The topological polar surface area (TPSA) is 55.8 Å². The minimum atomic E-state index is -0.745. The van der Waals surface area contributed by atoms with Crippen LogP contribution in [-0.4, -0.2) is 18.2 Å². The van der Waals surface area contributed by atoms with Gasteiger partial charge in [0.2, 0.25) is 0 Å². The molecular formula is C10H13O4Zn. The Morgan fingerprint density at radius 2 is 1.73 bits per heavy atom. The first-order chi connectivity index (χ1) is 7.13. The van der Waals surface area contributed by atoms with Gasteiger partial charge in [-0.2, -0.15) is 0 Å². The van der Waals surface area contributed by atoms with Gasteiger partial charge in [-0.05, 0) is 0 Å². The second-order valence-electron chi connectivity index (χ2n) is 2.57. The van der Waals surface area contributed by atoms with E-state index < -0.39 is 5.97 Å². The van der Waals surface area contributed by atoms with Crippen molar-refractivity contribution in [2.45, 2.75) is 13.3 Å². The van der Waals surface area contributed by atoms with Crippen LogP contribution in [0.4, 0.5) is 0 Å². The predicted molar refractivity (Wildman–Crippen MR) is 51.5 cm³/mol. The quantitative estimate of drug-likeness (QED) is 0.847. The molecule has 0 amide bonds. The van der Waals surface area contributed by atoms with Crippen molar-refractivity contribution < 1.29 is 36.9 Å². The molecule has 0 unspecified atom stereocenters. The molecule has 1 N–H and O–H groups in total. The van der Waals surface area contributed by atoms with E-state index in [1.165, 1.54) is 0 Å². The first-order valence-corrected chi connectivity index (χ1v) is 5.63. The summed E-state index contributed by atoms with van der Waals surface area (Å²) >= 11 is 0.826. The Hall–Kier alpha value is -1.09. The Morgan fingerprint density at radius 1 is 1.33 bits per heavy atom. The average Bonchev–Trinajstić information content (AvgIpc) is 2.30. The van der Waals surface area contributed by atoms with E-state index in [1.54, 1.807) is 14.0 Å². The first kappa shape index (κ1) is 13.9. The molecule has 4 nitrogen and oxygen atoms in total. The molecule has 1 rings (SSSR count). The van der Waals surface area contributed by atoms with Crippen molar-refractivity contribution in [1.29, 1.82) is 0 Å². The predicted octanol–water partition coefficient (Wildman–Crippen LogP) is 2.02. The Labute approximate surface area is 99.3 Å². The number of carboxylic acids is 1. The zero-order chi connectivity index (χ0) is 11.7. The van der Waals surface area contributed by atoms with Gasteiger partial charge in [-0.1, -0.05) is 6.92 Å². The van der Waals surface area contributed by atoms with Crippen LogP contribution in [0.5, 0.6) is 11.5 Å². The Balaban J connectivity index is 0.000000336. The molecule has 0 saturated carbocycles. The molecule has 0 saturated heterocycles. The number of rotatable bonds is 3. The molecule has 0 spiro atoms. The van der Waals surface area contributed by atoms with Gasteiger partial charge in [-0.15, -0.1) is 0 Å². The fraction of sp³-hybridized carbons (Fsp3) is 0.300. The van der Waals surface area contributed by atoms with Gasteiger partial charge in [0.25, 0.3) is 0 Å². The van der Waals surface area contributed by atoms with Crippen molar-refractivity contribution in [3.8, 4) is 11.5 Å². The minimum absolute atomic E-state index is 0.222. The number of aliphatic carboxylic acids is 1. The molecule has 0 heterocycles. The van der Waals surface area contributed by atoms with Crippen molar-refractivity contribution in [2.75, 3.05) is 7.11 Å². The fourth-order valence-electron chi connectivity index (χ4n) is 0.672. The van der Waals surface area contributed by atoms with Crippen LogP contribution < -0.4 is 8.30 Å². The van der Waals surface area contributed by atoms with Crippen LogP contribution in [0.1, 0.15) is 13.3 Å². The van der Waals surface area contributed by atoms with E-state index in [9.17, 15) is 4.79 Å². The number of carboxylic acid groups (broad SMARTS) is 1. The van der Waals surface area contributed by atoms with Crippen LogP contribution >= 0.6 is 0 Å². The Bertz CT molecular complexity index is 261. The number of ether oxygens (including phenoxy) is 1. The van der Waals surface area contributed by atoms with Crippen LogP contribution in [0.15, 0.2) is 24.3 Å². The number of benzene rings is 1. The summed E-state index contributed by atoms with van der Waals surface area (Å²) < 4.78 is 10.1. The summed E-state index contributed by atoms with van der Waals surface area (Å²) in [6.07, 6.45) is 0.222. The second-order valence-corrected chi connectivity index (χ2v) is 3.17. The van der Waals surface area contributed by atoms with Crippen molar-refractivity contribution >= 4 is 5.97 Å². The average molecular weight is 263 g/mol. The van der Waals surface area contributed by atoms with Gasteiger partial charge < -0.3 is 5.11 Å². The molecule has 79 valence electrons. The molecule has 0 aliphatic rings. The van der Waals surface area contributed by atoms with E-state index in [-0.39, 0.29) is 6.42 Å². The molecular weight excluding hydrogens is 249 g/mol. The second kappa shape index (κ2) is 8.24. The van der Waals surface area contributed by atoms with Crippen molar-refractivity contribution in [2.24, 2.45) is 0 Å². The van der Waals surface area contributed by atoms with E-state index in [2.05, 4.69) is 0 Å². The number of hydrogen-bond acceptors (Lipinski definition) is 3. The summed E-state index contributed by atoms with van der Waals surface area (Å²) in [5, 5.41) is 7.72. The molecule has 0 fully saturated rings. The fourth-order valence-corrected chi connectivity index (χ4v) is 1.08. The van der Waals surface area contributed by atoms with Crippen LogP contribution in [0, 0.1) is 0 Å². The van der Waals surface area contributed by atoms with Crippen molar-refractivity contribution in [3.05, 3.63) is 24.3 Å². The van der Waals surface area contributed by atoms with Crippen molar-refractivity contribution in [3.63, 3.8) is 0 Å². The third kappa shape index (κ3) is 6.92. The number of methoxy groups -OCH3 is 1. The van der Waals surface area contributed by atoms with Crippen LogP contribution in [-0.2, 0) is 23.5 Å². The Kier molecular flexibility index (Phi) is 7.64. The molecule has 5 heteroatoms. The molecule has 0 radical (unpaired) electrons. The molecule has 0 aliphatic carbocycles. The summed E-state index contributed by atoms with van der Waals surface area (Å²) in [7, 11) is 1.65. The first-order valence-electron chi connectivity index (χ1n) is 4.41. The van der Waals surface area contributed by atoms with E-state index in [0.29, 0.717) is 0 Å². The number of carbonyl (C=O) groups is 1. The van der Waals surface area contributed by atoms with Crippen LogP contribution in [0.25, 0.3) is 0 Å². The van der Waals surface area contributed by atoms with Gasteiger partial charge in [0.15, 0.2) is 0 Å². The van der Waals surface area contributed by atoms with Crippen molar-refractivity contribution in [1.82, 2.24) is 0 Å². The van der Waals surface area contributed by atoms with Gasteiger partial charge in [0.1, 0.15) is 0 Å². The summed E-state index contributed by atoms with van der Waals surface area (Å²) in [5.74, 6) is 1.02. The van der Waals surface area contributed by atoms with Crippen LogP contribution in [0.2, 0.25) is 0 Å². The van der Waals surface area contributed by atoms with E-state index in [1.807, 2.05) is 24.3 Å². The monoisotopic (exact) mass is 261 g/mol. The van der Waals surface area contributed by atoms with Gasteiger partial charge in [0, 0.05) is 6.42 Å². The summed E-state index contributed by atoms with van der Waals surface area (Å²) in [4.78, 5) is 9.37. The zero-order valence-electron chi connectivity index (χ0n) is 8.90. The molecule has 0 bridgehead atoms. The molecule has 1 aromatic carbocycles. The third-order valence-electron chi connectivity index (χ3n) is 1.53. The van der Waals surface area contributed by atoms with Gasteiger partial charge >= 0.3 is 75.8 Å².